The predicted molar refractivity (Wildman–Crippen MR) is 72.3 cm³/mol. The lowest BCUT2D eigenvalue weighted by molar-refractivity contribution is -0.120. The van der Waals surface area contributed by atoms with Crippen molar-refractivity contribution in [3.05, 3.63) is 29.3 Å². The molecule has 0 radical (unpaired) electrons. The van der Waals surface area contributed by atoms with Crippen LogP contribution in [-0.4, -0.2) is 38.3 Å². The quantitative estimate of drug-likeness (QED) is 0.873. The highest BCUT2D eigenvalue weighted by atomic mass is 32.2. The maximum atomic E-state index is 12.6. The summed E-state index contributed by atoms with van der Waals surface area (Å²) in [6.07, 6.45) is 0.212. The van der Waals surface area contributed by atoms with Crippen LogP contribution in [0.3, 0.4) is 0 Å². The van der Waals surface area contributed by atoms with E-state index in [-0.39, 0.29) is 18.9 Å². The zero-order valence-corrected chi connectivity index (χ0v) is 12.0. The molecular formula is C13H18N2O3S. The lowest BCUT2D eigenvalue weighted by atomic mass is 10.2. The number of benzene rings is 1. The number of hydrogen-bond donors (Lipinski definition) is 1. The Morgan fingerprint density at radius 1 is 1.21 bits per heavy atom. The van der Waals surface area contributed by atoms with Crippen LogP contribution in [0.2, 0.25) is 0 Å². The summed E-state index contributed by atoms with van der Waals surface area (Å²) >= 11 is 0. The van der Waals surface area contributed by atoms with Gasteiger partial charge in [-0.3, -0.25) is 4.79 Å². The van der Waals surface area contributed by atoms with Gasteiger partial charge in [-0.1, -0.05) is 17.7 Å². The van der Waals surface area contributed by atoms with Gasteiger partial charge in [0.15, 0.2) is 0 Å². The fraction of sp³-hybridized carbons (Fsp3) is 0.462. The highest BCUT2D eigenvalue weighted by Gasteiger charge is 2.27. The summed E-state index contributed by atoms with van der Waals surface area (Å²) in [7, 11) is -3.52. The van der Waals surface area contributed by atoms with Gasteiger partial charge in [-0.15, -0.1) is 0 Å². The van der Waals surface area contributed by atoms with Crippen molar-refractivity contribution in [2.75, 3.05) is 19.6 Å². The van der Waals surface area contributed by atoms with E-state index < -0.39 is 10.0 Å². The van der Waals surface area contributed by atoms with E-state index in [0.717, 1.165) is 11.1 Å². The van der Waals surface area contributed by atoms with Gasteiger partial charge in [0, 0.05) is 26.1 Å². The van der Waals surface area contributed by atoms with Crippen LogP contribution >= 0.6 is 0 Å². The van der Waals surface area contributed by atoms with Gasteiger partial charge in [0.05, 0.1) is 4.90 Å². The van der Waals surface area contributed by atoms with E-state index in [1.165, 1.54) is 4.31 Å². The summed E-state index contributed by atoms with van der Waals surface area (Å²) in [5.41, 5.74) is 1.77. The van der Waals surface area contributed by atoms with Crippen LogP contribution in [0.5, 0.6) is 0 Å². The predicted octanol–water partition coefficient (Wildman–Crippen LogP) is 0.814. The molecule has 1 N–H and O–H groups in total. The second-order valence-electron chi connectivity index (χ2n) is 4.77. The van der Waals surface area contributed by atoms with Gasteiger partial charge < -0.3 is 5.32 Å². The highest BCUT2D eigenvalue weighted by Crippen LogP contribution is 2.21. The third kappa shape index (κ3) is 2.96. The third-order valence-corrected chi connectivity index (χ3v) is 5.28. The molecule has 2 rings (SSSR count). The Balaban J connectivity index is 2.33. The van der Waals surface area contributed by atoms with E-state index in [2.05, 4.69) is 5.32 Å². The number of nitrogens with zero attached hydrogens (tertiary/aromatic N) is 1. The molecular weight excluding hydrogens is 264 g/mol. The first-order valence-electron chi connectivity index (χ1n) is 6.25. The number of aryl methyl sites for hydroxylation is 2. The number of carbonyl (C=O) groups is 1. The van der Waals surface area contributed by atoms with Gasteiger partial charge in [0.2, 0.25) is 15.9 Å². The number of hydrogen-bond acceptors (Lipinski definition) is 3. The molecule has 104 valence electrons. The molecule has 0 spiro atoms. The summed E-state index contributed by atoms with van der Waals surface area (Å²) in [5, 5.41) is 2.68. The Labute approximate surface area is 113 Å². The lowest BCUT2D eigenvalue weighted by Gasteiger charge is -2.20. The maximum Gasteiger partial charge on any atom is 0.243 e. The van der Waals surface area contributed by atoms with E-state index in [1.54, 1.807) is 19.1 Å². The van der Waals surface area contributed by atoms with E-state index in [9.17, 15) is 13.2 Å². The maximum absolute atomic E-state index is 12.6. The molecule has 1 aromatic carbocycles. The number of amides is 1. The molecule has 1 saturated heterocycles. The van der Waals surface area contributed by atoms with Crippen molar-refractivity contribution in [1.82, 2.24) is 9.62 Å². The highest BCUT2D eigenvalue weighted by molar-refractivity contribution is 7.89. The minimum Gasteiger partial charge on any atom is -0.355 e. The second-order valence-corrected chi connectivity index (χ2v) is 6.68. The first kappa shape index (κ1) is 14.0. The first-order valence-corrected chi connectivity index (χ1v) is 7.69. The zero-order chi connectivity index (χ0) is 14.0. The van der Waals surface area contributed by atoms with Crippen LogP contribution in [0, 0.1) is 13.8 Å². The average molecular weight is 282 g/mol. The fourth-order valence-corrected chi connectivity index (χ4v) is 3.86. The molecule has 0 aliphatic carbocycles. The normalized spacial score (nSPS) is 17.9. The molecule has 1 amide bonds. The Bertz CT molecular complexity index is 596. The van der Waals surface area contributed by atoms with Crippen molar-refractivity contribution in [2.24, 2.45) is 0 Å². The Kier molecular flexibility index (Phi) is 3.91. The standard InChI is InChI=1S/C13H18N2O3S/c1-10-3-4-12(11(2)9-10)19(17,18)15-7-5-13(16)14-6-8-15/h3-4,9H,5-8H2,1-2H3,(H,14,16). The Hall–Kier alpha value is -1.40. The summed E-state index contributed by atoms with van der Waals surface area (Å²) in [6, 6.07) is 5.29. The molecule has 1 aliphatic rings. The molecule has 0 saturated carbocycles. The molecule has 0 unspecified atom stereocenters. The largest absolute Gasteiger partial charge is 0.355 e. The van der Waals surface area contributed by atoms with Gasteiger partial charge in [-0.05, 0) is 25.5 Å². The van der Waals surface area contributed by atoms with Crippen LogP contribution in [-0.2, 0) is 14.8 Å². The Morgan fingerprint density at radius 3 is 2.63 bits per heavy atom. The van der Waals surface area contributed by atoms with Crippen LogP contribution in [0.25, 0.3) is 0 Å². The smallest absolute Gasteiger partial charge is 0.243 e. The Morgan fingerprint density at radius 2 is 1.95 bits per heavy atom. The number of nitrogens with one attached hydrogen (secondary N) is 1. The van der Waals surface area contributed by atoms with E-state index in [4.69, 9.17) is 0 Å². The average Bonchev–Trinajstić information content (AvgIpc) is 2.53. The van der Waals surface area contributed by atoms with Crippen LogP contribution < -0.4 is 5.32 Å². The van der Waals surface area contributed by atoms with Crippen molar-refractivity contribution >= 4 is 15.9 Å². The molecule has 1 heterocycles. The van der Waals surface area contributed by atoms with E-state index in [1.807, 2.05) is 13.0 Å². The summed E-state index contributed by atoms with van der Waals surface area (Å²) in [6.45, 7) is 4.64. The van der Waals surface area contributed by atoms with Crippen LogP contribution in [0.1, 0.15) is 17.5 Å². The monoisotopic (exact) mass is 282 g/mol. The first-order chi connectivity index (χ1) is 8.91. The SMILES string of the molecule is Cc1ccc(S(=O)(=O)N2CCNC(=O)CC2)c(C)c1. The van der Waals surface area contributed by atoms with E-state index in [0.29, 0.717) is 18.0 Å². The summed E-state index contributed by atoms with van der Waals surface area (Å²) in [4.78, 5) is 11.6. The lowest BCUT2D eigenvalue weighted by Crippen LogP contribution is -2.34. The topological polar surface area (TPSA) is 66.5 Å². The third-order valence-electron chi connectivity index (χ3n) is 3.22. The molecule has 1 aliphatic heterocycles. The summed E-state index contributed by atoms with van der Waals surface area (Å²) in [5.74, 6) is -0.0988. The van der Waals surface area contributed by atoms with Crippen molar-refractivity contribution in [2.45, 2.75) is 25.2 Å². The van der Waals surface area contributed by atoms with Crippen molar-refractivity contribution in [3.8, 4) is 0 Å². The van der Waals surface area contributed by atoms with Crippen LogP contribution in [0.15, 0.2) is 23.1 Å². The molecule has 0 aromatic heterocycles. The molecule has 1 aromatic rings. The van der Waals surface area contributed by atoms with Crippen molar-refractivity contribution in [1.29, 1.82) is 0 Å². The van der Waals surface area contributed by atoms with Crippen molar-refractivity contribution < 1.29 is 13.2 Å². The molecule has 5 nitrogen and oxygen atoms in total. The van der Waals surface area contributed by atoms with Gasteiger partial charge >= 0.3 is 0 Å². The zero-order valence-electron chi connectivity index (χ0n) is 11.1. The summed E-state index contributed by atoms with van der Waals surface area (Å²) < 4.78 is 26.5. The minimum absolute atomic E-state index is 0.0988. The molecule has 1 fully saturated rings. The van der Waals surface area contributed by atoms with Gasteiger partial charge in [-0.25, -0.2) is 8.42 Å². The fourth-order valence-electron chi connectivity index (χ4n) is 2.21. The second kappa shape index (κ2) is 5.30. The van der Waals surface area contributed by atoms with Crippen molar-refractivity contribution in [3.63, 3.8) is 0 Å². The van der Waals surface area contributed by atoms with Crippen LogP contribution in [0.4, 0.5) is 0 Å². The molecule has 6 heteroatoms. The number of rotatable bonds is 2. The number of carbonyl (C=O) groups excluding carboxylic acids is 1. The molecule has 0 bridgehead atoms. The molecule has 19 heavy (non-hydrogen) atoms. The van der Waals surface area contributed by atoms with Gasteiger partial charge in [-0.2, -0.15) is 4.31 Å². The minimum atomic E-state index is -3.52. The molecule has 0 atom stereocenters. The van der Waals surface area contributed by atoms with Gasteiger partial charge in [0.1, 0.15) is 0 Å². The van der Waals surface area contributed by atoms with Gasteiger partial charge in [0.25, 0.3) is 0 Å². The van der Waals surface area contributed by atoms with E-state index >= 15 is 0 Å². The number of sulfonamides is 1.